The number of carbonyl (C=O) groups is 2. The van der Waals surface area contributed by atoms with Gasteiger partial charge in [0.25, 0.3) is 5.69 Å². The second-order valence-corrected chi connectivity index (χ2v) is 5.57. The normalized spacial score (nSPS) is 10.6. The van der Waals surface area contributed by atoms with Crippen molar-refractivity contribution < 1.29 is 28.4 Å². The molecule has 1 heterocycles. The Kier molecular flexibility index (Phi) is 5.16. The SMILES string of the molecule is CCOC(=O)c1cc(C(=O)OCc2cc3ccccc3o2)cc([N+](=O)[O-])c1. The van der Waals surface area contributed by atoms with Gasteiger partial charge in [0.15, 0.2) is 0 Å². The number of para-hydroxylation sites is 1. The largest absolute Gasteiger partial charge is 0.462 e. The summed E-state index contributed by atoms with van der Waals surface area (Å²) in [5.41, 5.74) is 0.0323. The molecule has 3 aromatic rings. The van der Waals surface area contributed by atoms with Crippen LogP contribution in [-0.2, 0) is 16.1 Å². The van der Waals surface area contributed by atoms with Crippen molar-refractivity contribution >= 4 is 28.6 Å². The summed E-state index contributed by atoms with van der Waals surface area (Å²) in [7, 11) is 0. The van der Waals surface area contributed by atoms with Crippen LogP contribution in [-0.4, -0.2) is 23.5 Å². The second kappa shape index (κ2) is 7.69. The number of furan rings is 1. The number of rotatable bonds is 6. The lowest BCUT2D eigenvalue weighted by molar-refractivity contribution is -0.384. The van der Waals surface area contributed by atoms with Crippen molar-refractivity contribution in [3.05, 3.63) is 75.5 Å². The molecule has 0 aliphatic heterocycles. The highest BCUT2D eigenvalue weighted by Crippen LogP contribution is 2.22. The zero-order chi connectivity index (χ0) is 19.4. The van der Waals surface area contributed by atoms with E-state index in [0.717, 1.165) is 17.5 Å². The number of nitro benzene ring substituents is 1. The van der Waals surface area contributed by atoms with Crippen LogP contribution in [0.25, 0.3) is 11.0 Å². The van der Waals surface area contributed by atoms with Crippen LogP contribution in [0, 0.1) is 10.1 Å². The highest BCUT2D eigenvalue weighted by Gasteiger charge is 2.20. The van der Waals surface area contributed by atoms with E-state index < -0.39 is 22.5 Å². The first kappa shape index (κ1) is 18.1. The molecule has 2 aromatic carbocycles. The average molecular weight is 369 g/mol. The van der Waals surface area contributed by atoms with Crippen LogP contribution in [0.1, 0.15) is 33.4 Å². The third kappa shape index (κ3) is 4.12. The molecule has 8 heteroatoms. The fraction of sp³-hybridized carbons (Fsp3) is 0.158. The number of ether oxygens (including phenoxy) is 2. The van der Waals surface area contributed by atoms with Crippen molar-refractivity contribution in [1.29, 1.82) is 0 Å². The van der Waals surface area contributed by atoms with Gasteiger partial charge in [-0.25, -0.2) is 9.59 Å². The van der Waals surface area contributed by atoms with E-state index >= 15 is 0 Å². The van der Waals surface area contributed by atoms with Crippen LogP contribution in [0.4, 0.5) is 5.69 Å². The molecule has 0 atom stereocenters. The van der Waals surface area contributed by atoms with E-state index in [4.69, 9.17) is 13.9 Å². The molecule has 0 saturated heterocycles. The van der Waals surface area contributed by atoms with E-state index in [1.807, 2.05) is 18.2 Å². The van der Waals surface area contributed by atoms with Gasteiger partial charge in [-0.05, 0) is 25.1 Å². The first-order chi connectivity index (χ1) is 13.0. The van der Waals surface area contributed by atoms with Gasteiger partial charge >= 0.3 is 11.9 Å². The third-order valence-electron chi connectivity index (χ3n) is 3.70. The summed E-state index contributed by atoms with van der Waals surface area (Å²) in [4.78, 5) is 34.5. The molecule has 0 unspecified atom stereocenters. The van der Waals surface area contributed by atoms with E-state index in [2.05, 4.69) is 0 Å². The maximum atomic E-state index is 12.3. The number of fused-ring (bicyclic) bond motifs is 1. The topological polar surface area (TPSA) is 109 Å². The minimum atomic E-state index is -0.815. The predicted molar refractivity (Wildman–Crippen MR) is 94.4 cm³/mol. The molecule has 27 heavy (non-hydrogen) atoms. The van der Waals surface area contributed by atoms with E-state index in [-0.39, 0.29) is 24.3 Å². The molecular formula is C19H15NO7. The molecule has 0 bridgehead atoms. The lowest BCUT2D eigenvalue weighted by Crippen LogP contribution is -2.10. The van der Waals surface area contributed by atoms with Gasteiger partial charge in [0.05, 0.1) is 22.7 Å². The fourth-order valence-corrected chi connectivity index (χ4v) is 2.49. The molecule has 0 saturated carbocycles. The van der Waals surface area contributed by atoms with Gasteiger partial charge in [-0.3, -0.25) is 10.1 Å². The monoisotopic (exact) mass is 369 g/mol. The lowest BCUT2D eigenvalue weighted by Gasteiger charge is -2.06. The summed E-state index contributed by atoms with van der Waals surface area (Å²) in [5.74, 6) is -1.14. The van der Waals surface area contributed by atoms with Gasteiger partial charge in [-0.15, -0.1) is 0 Å². The molecule has 0 aliphatic carbocycles. The highest BCUT2D eigenvalue weighted by molar-refractivity contribution is 5.96. The van der Waals surface area contributed by atoms with Crippen LogP contribution in [0.15, 0.2) is 52.9 Å². The van der Waals surface area contributed by atoms with Crippen LogP contribution in [0.3, 0.4) is 0 Å². The average Bonchev–Trinajstić information content (AvgIpc) is 3.08. The molecule has 0 fully saturated rings. The Morgan fingerprint density at radius 3 is 2.33 bits per heavy atom. The maximum Gasteiger partial charge on any atom is 0.338 e. The van der Waals surface area contributed by atoms with Gasteiger partial charge in [0.2, 0.25) is 0 Å². The quantitative estimate of drug-likeness (QED) is 0.368. The molecule has 0 amide bonds. The summed E-state index contributed by atoms with van der Waals surface area (Å²) in [6.45, 7) is 1.57. The lowest BCUT2D eigenvalue weighted by atomic mass is 10.1. The Bertz CT molecular complexity index is 989. The Morgan fingerprint density at radius 1 is 1.04 bits per heavy atom. The van der Waals surface area contributed by atoms with Crippen LogP contribution >= 0.6 is 0 Å². The highest BCUT2D eigenvalue weighted by atomic mass is 16.6. The summed E-state index contributed by atoms with van der Waals surface area (Å²) >= 11 is 0. The number of carbonyl (C=O) groups excluding carboxylic acids is 2. The molecule has 138 valence electrons. The van der Waals surface area contributed by atoms with Gasteiger partial charge in [-0.1, -0.05) is 18.2 Å². The zero-order valence-electron chi connectivity index (χ0n) is 14.3. The van der Waals surface area contributed by atoms with Crippen molar-refractivity contribution in [1.82, 2.24) is 0 Å². The maximum absolute atomic E-state index is 12.3. The fourth-order valence-electron chi connectivity index (χ4n) is 2.49. The molecule has 0 aliphatic rings. The summed E-state index contributed by atoms with van der Waals surface area (Å²) < 4.78 is 15.5. The number of nitrogens with zero attached hydrogens (tertiary/aromatic N) is 1. The van der Waals surface area contributed by atoms with Gasteiger partial charge in [0.1, 0.15) is 18.0 Å². The van der Waals surface area contributed by atoms with Gasteiger partial charge < -0.3 is 13.9 Å². The number of non-ortho nitro benzene ring substituents is 1. The number of hydrogen-bond donors (Lipinski definition) is 0. The molecule has 0 radical (unpaired) electrons. The van der Waals surface area contributed by atoms with E-state index in [1.165, 1.54) is 6.07 Å². The molecule has 1 aromatic heterocycles. The van der Waals surface area contributed by atoms with E-state index in [0.29, 0.717) is 11.3 Å². The Labute approximate surface area is 153 Å². The second-order valence-electron chi connectivity index (χ2n) is 5.57. The third-order valence-corrected chi connectivity index (χ3v) is 3.70. The van der Waals surface area contributed by atoms with Crippen molar-refractivity contribution in [2.75, 3.05) is 6.61 Å². The van der Waals surface area contributed by atoms with Crippen LogP contribution in [0.5, 0.6) is 0 Å². The molecule has 0 N–H and O–H groups in total. The molecule has 0 spiro atoms. The van der Waals surface area contributed by atoms with E-state index in [9.17, 15) is 19.7 Å². The van der Waals surface area contributed by atoms with Gasteiger partial charge in [-0.2, -0.15) is 0 Å². The van der Waals surface area contributed by atoms with Crippen molar-refractivity contribution in [2.24, 2.45) is 0 Å². The van der Waals surface area contributed by atoms with Gasteiger partial charge in [0, 0.05) is 17.5 Å². The summed E-state index contributed by atoms with van der Waals surface area (Å²) in [6.07, 6.45) is 0. The van der Waals surface area contributed by atoms with Crippen molar-refractivity contribution in [3.8, 4) is 0 Å². The summed E-state index contributed by atoms with van der Waals surface area (Å²) in [5, 5.41) is 11.9. The van der Waals surface area contributed by atoms with Crippen LogP contribution < -0.4 is 0 Å². The zero-order valence-corrected chi connectivity index (χ0v) is 14.3. The minimum Gasteiger partial charge on any atom is -0.462 e. The smallest absolute Gasteiger partial charge is 0.338 e. The van der Waals surface area contributed by atoms with Crippen molar-refractivity contribution in [2.45, 2.75) is 13.5 Å². The number of hydrogen-bond acceptors (Lipinski definition) is 7. The predicted octanol–water partition coefficient (Wildman–Crippen LogP) is 3.87. The number of nitro groups is 1. The number of benzene rings is 2. The standard InChI is InChI=1S/C19H15NO7/c1-2-25-18(21)13-7-14(9-15(8-13)20(23)24)19(22)26-11-16-10-12-5-3-4-6-17(12)27-16/h3-10H,2,11H2,1H3. The Balaban J connectivity index is 1.80. The first-order valence-corrected chi connectivity index (χ1v) is 8.09. The number of esters is 2. The Hall–Kier alpha value is -3.68. The molecule has 8 nitrogen and oxygen atoms in total. The summed E-state index contributed by atoms with van der Waals surface area (Å²) in [6, 6.07) is 12.3. The Morgan fingerprint density at radius 2 is 1.70 bits per heavy atom. The molecule has 3 rings (SSSR count). The van der Waals surface area contributed by atoms with Crippen molar-refractivity contribution in [3.63, 3.8) is 0 Å². The first-order valence-electron chi connectivity index (χ1n) is 8.09. The van der Waals surface area contributed by atoms with Crippen LogP contribution in [0.2, 0.25) is 0 Å². The molecular weight excluding hydrogens is 354 g/mol. The minimum absolute atomic E-state index is 0.0956. The van der Waals surface area contributed by atoms with E-state index in [1.54, 1.807) is 19.1 Å².